The number of primary amides is 1. The van der Waals surface area contributed by atoms with Gasteiger partial charge in [0.05, 0.1) is 34.3 Å². The quantitative estimate of drug-likeness (QED) is 0.214. The summed E-state index contributed by atoms with van der Waals surface area (Å²) in [5, 5.41) is 43.9. The van der Waals surface area contributed by atoms with Gasteiger partial charge in [0.2, 0.25) is 0 Å². The van der Waals surface area contributed by atoms with Gasteiger partial charge in [0, 0.05) is 0 Å². The lowest BCUT2D eigenvalue weighted by molar-refractivity contribution is -0.139. The summed E-state index contributed by atoms with van der Waals surface area (Å²) in [4.78, 5) is 41.4. The number of phenols is 1. The van der Waals surface area contributed by atoms with E-state index in [1.165, 1.54) is 25.1 Å². The molecule has 9 N–H and O–H groups in total. The molecule has 0 spiro atoms. The number of Topliss-reactive ketones (excluding diaryl/α,β-unsaturated/α-hetero) is 2. The number of benzene rings is 1. The van der Waals surface area contributed by atoms with E-state index >= 15 is 0 Å². The van der Waals surface area contributed by atoms with Gasteiger partial charge in [-0.1, -0.05) is 32.3 Å². The number of hydrogen-bond donors (Lipinski definition) is 6. The molecule has 1 fully saturated rings. The van der Waals surface area contributed by atoms with Gasteiger partial charge >= 0.3 is 0 Å². The Bertz CT molecular complexity index is 1390. The van der Waals surface area contributed by atoms with E-state index in [0.29, 0.717) is 12.0 Å². The van der Waals surface area contributed by atoms with E-state index < -0.39 is 62.7 Å². The zero-order valence-corrected chi connectivity index (χ0v) is 22.4. The molecule has 4 rings (SSSR count). The molecule has 0 aliphatic heterocycles. The van der Waals surface area contributed by atoms with Gasteiger partial charge in [-0.05, 0) is 57.0 Å². The van der Waals surface area contributed by atoms with E-state index in [1.807, 2.05) is 0 Å². The second kappa shape index (κ2) is 9.48. The van der Waals surface area contributed by atoms with Gasteiger partial charge in [0.1, 0.15) is 22.8 Å². The van der Waals surface area contributed by atoms with Crippen LogP contribution in [0.25, 0.3) is 5.76 Å². The molecule has 11 nitrogen and oxygen atoms in total. The number of unbranched alkanes of at least 4 members (excludes halogenated alkanes) is 3. The minimum absolute atomic E-state index is 0.0209. The molecule has 0 heterocycles. The minimum Gasteiger partial charge on any atom is -0.509 e. The van der Waals surface area contributed by atoms with Gasteiger partial charge in [0.15, 0.2) is 17.0 Å². The number of nitrogens with zero attached hydrogens (tertiary/aromatic N) is 2. The standard InChI is InChI=1S/C28H35N5O6/c1-4-5-6-7-8-14-9-10-16(34)17-15(14)11-26(31)12-28(32)22(33(2)3)21(36)18(25(30)39)23(37)27(28,13-29)24(38)19(26)20(17)35/h9-10,22,34-35,37H,4-8,11-12,31-32H2,1-3H3,(H2,30,39)/t22-,26-,27+,28-/m1/s1. The fourth-order valence-electron chi connectivity index (χ4n) is 6.87. The van der Waals surface area contributed by atoms with Gasteiger partial charge in [-0.2, -0.15) is 5.26 Å². The molecule has 1 aromatic rings. The molecule has 39 heavy (non-hydrogen) atoms. The molecule has 1 amide bonds. The van der Waals surface area contributed by atoms with Crippen LogP contribution in [0.3, 0.4) is 0 Å². The van der Waals surface area contributed by atoms with Crippen LogP contribution in [0.15, 0.2) is 29.0 Å². The highest BCUT2D eigenvalue weighted by Gasteiger charge is 2.74. The first-order chi connectivity index (χ1) is 18.2. The molecule has 3 aliphatic rings. The maximum absolute atomic E-state index is 14.3. The van der Waals surface area contributed by atoms with Gasteiger partial charge in [-0.3, -0.25) is 19.3 Å². The van der Waals surface area contributed by atoms with E-state index in [2.05, 4.69) is 6.92 Å². The number of likely N-dealkylation sites (N-methyl/N-ethyl adjacent to an activating group) is 1. The van der Waals surface area contributed by atoms with Crippen molar-refractivity contribution >= 4 is 23.2 Å². The SMILES string of the molecule is CCCCCCc1ccc(O)c2c1C[C@@]1(N)C[C@@]3(N)[C@H](N(C)C)C(=O)C(C(N)=O)=C(O)[C@@]3(C#N)C(=O)C1=C2O. The fourth-order valence-corrected chi connectivity index (χ4v) is 6.87. The molecule has 1 aromatic carbocycles. The summed E-state index contributed by atoms with van der Waals surface area (Å²) >= 11 is 0. The third-order valence-electron chi connectivity index (χ3n) is 8.53. The van der Waals surface area contributed by atoms with Crippen molar-refractivity contribution in [2.45, 2.75) is 69.0 Å². The van der Waals surface area contributed by atoms with Crippen LogP contribution >= 0.6 is 0 Å². The number of fused-ring (bicyclic) bond motifs is 3. The maximum Gasteiger partial charge on any atom is 0.255 e. The topological polar surface area (TPSA) is 217 Å². The van der Waals surface area contributed by atoms with E-state index in [-0.39, 0.29) is 24.2 Å². The normalized spacial score (nSPS) is 30.1. The molecule has 1 saturated carbocycles. The second-order valence-electron chi connectivity index (χ2n) is 11.2. The second-order valence-corrected chi connectivity index (χ2v) is 11.2. The number of ketones is 2. The zero-order chi connectivity index (χ0) is 29.1. The summed E-state index contributed by atoms with van der Waals surface area (Å²) < 4.78 is 0. The summed E-state index contributed by atoms with van der Waals surface area (Å²) in [6, 6.07) is 3.53. The molecule has 3 aliphatic carbocycles. The Balaban J connectivity index is 2.01. The molecule has 0 bridgehead atoms. The number of amides is 1. The van der Waals surface area contributed by atoms with E-state index in [9.17, 15) is 35.0 Å². The first-order valence-electron chi connectivity index (χ1n) is 13.0. The average molecular weight is 538 g/mol. The monoisotopic (exact) mass is 537 g/mol. The molecule has 0 saturated heterocycles. The number of carbonyl (C=O) groups excluding carboxylic acids is 3. The number of aliphatic hydroxyl groups is 2. The summed E-state index contributed by atoms with van der Waals surface area (Å²) in [6.45, 7) is 2.10. The van der Waals surface area contributed by atoms with Crippen molar-refractivity contribution in [3.63, 3.8) is 0 Å². The van der Waals surface area contributed by atoms with E-state index in [4.69, 9.17) is 17.2 Å². The number of aliphatic hydroxyl groups excluding tert-OH is 2. The number of aromatic hydroxyl groups is 1. The lowest BCUT2D eigenvalue weighted by Gasteiger charge is -2.58. The van der Waals surface area contributed by atoms with Crippen molar-refractivity contribution in [3.8, 4) is 11.8 Å². The number of nitriles is 1. The number of aryl methyl sites for hydroxylation is 1. The van der Waals surface area contributed by atoms with Gasteiger partial charge in [-0.15, -0.1) is 0 Å². The number of nitrogens with two attached hydrogens (primary N) is 3. The molecule has 0 unspecified atom stereocenters. The summed E-state index contributed by atoms with van der Waals surface area (Å²) in [7, 11) is 2.97. The van der Waals surface area contributed by atoms with Crippen molar-refractivity contribution in [3.05, 3.63) is 45.7 Å². The van der Waals surface area contributed by atoms with Crippen LogP contribution < -0.4 is 17.2 Å². The Morgan fingerprint density at radius 2 is 1.82 bits per heavy atom. The molecule has 208 valence electrons. The summed E-state index contributed by atoms with van der Waals surface area (Å²) in [5.41, 5.74) is 12.8. The average Bonchev–Trinajstić information content (AvgIpc) is 2.81. The van der Waals surface area contributed by atoms with Crippen molar-refractivity contribution in [1.82, 2.24) is 4.90 Å². The van der Waals surface area contributed by atoms with E-state index in [0.717, 1.165) is 31.2 Å². The Morgan fingerprint density at radius 3 is 2.38 bits per heavy atom. The first kappa shape index (κ1) is 28.3. The van der Waals surface area contributed by atoms with Gasteiger partial charge in [-0.25, -0.2) is 0 Å². The molecular formula is C28H35N5O6. The number of rotatable bonds is 7. The van der Waals surface area contributed by atoms with Crippen LogP contribution in [-0.2, 0) is 27.2 Å². The Morgan fingerprint density at radius 1 is 1.15 bits per heavy atom. The highest BCUT2D eigenvalue weighted by Crippen LogP contribution is 2.58. The van der Waals surface area contributed by atoms with Gasteiger partial charge < -0.3 is 32.5 Å². The van der Waals surface area contributed by atoms with Crippen LogP contribution in [-0.4, -0.2) is 68.9 Å². The van der Waals surface area contributed by atoms with Crippen LogP contribution in [0, 0.1) is 16.7 Å². The molecule has 0 radical (unpaired) electrons. The smallest absolute Gasteiger partial charge is 0.255 e. The zero-order valence-electron chi connectivity index (χ0n) is 22.4. The highest BCUT2D eigenvalue weighted by atomic mass is 16.3. The third-order valence-corrected chi connectivity index (χ3v) is 8.53. The first-order valence-corrected chi connectivity index (χ1v) is 13.0. The molecule has 0 aromatic heterocycles. The Hall–Kier alpha value is -3.72. The van der Waals surface area contributed by atoms with Crippen LogP contribution in [0.2, 0.25) is 0 Å². The van der Waals surface area contributed by atoms with Crippen molar-refractivity contribution in [2.24, 2.45) is 22.6 Å². The highest BCUT2D eigenvalue weighted by molar-refractivity contribution is 6.25. The summed E-state index contributed by atoms with van der Waals surface area (Å²) in [6.07, 6.45) is 4.21. The maximum atomic E-state index is 14.3. The number of carbonyl (C=O) groups is 3. The predicted octanol–water partition coefficient (Wildman–Crippen LogP) is 1.03. The van der Waals surface area contributed by atoms with Crippen molar-refractivity contribution in [2.75, 3.05) is 14.1 Å². The Kier molecular flexibility index (Phi) is 6.88. The lowest BCUT2D eigenvalue weighted by atomic mass is 9.47. The number of phenolic OH excluding ortho intramolecular Hbond substituents is 1. The largest absolute Gasteiger partial charge is 0.509 e. The van der Waals surface area contributed by atoms with Crippen LogP contribution in [0.1, 0.15) is 55.7 Å². The number of hydrogen-bond acceptors (Lipinski definition) is 10. The van der Waals surface area contributed by atoms with Crippen LogP contribution in [0.4, 0.5) is 0 Å². The lowest BCUT2D eigenvalue weighted by Crippen LogP contribution is -2.80. The summed E-state index contributed by atoms with van der Waals surface area (Å²) in [5.74, 6) is -5.46. The third kappa shape index (κ3) is 3.70. The van der Waals surface area contributed by atoms with Gasteiger partial charge in [0.25, 0.3) is 5.91 Å². The minimum atomic E-state index is -2.66. The molecule has 4 atom stereocenters. The predicted molar refractivity (Wildman–Crippen MR) is 142 cm³/mol. The molecule has 11 heteroatoms. The molecular weight excluding hydrogens is 502 g/mol. The van der Waals surface area contributed by atoms with Crippen molar-refractivity contribution < 1.29 is 29.7 Å². The Labute approximate surface area is 226 Å². The van der Waals surface area contributed by atoms with Crippen LogP contribution in [0.5, 0.6) is 5.75 Å². The van der Waals surface area contributed by atoms with Crippen molar-refractivity contribution in [1.29, 1.82) is 5.26 Å². The van der Waals surface area contributed by atoms with E-state index in [1.54, 1.807) is 12.1 Å². The fraction of sp³-hybridized carbons (Fsp3) is 0.500.